The molecule has 17 heavy (non-hydrogen) atoms. The van der Waals surface area contributed by atoms with Crippen LogP contribution in [-0.4, -0.2) is 6.54 Å². The quantitative estimate of drug-likeness (QED) is 0.637. The van der Waals surface area contributed by atoms with E-state index < -0.39 is 23.5 Å². The lowest BCUT2D eigenvalue weighted by atomic mass is 10.0. The summed E-state index contributed by atoms with van der Waals surface area (Å²) in [5.74, 6) is -3.09. The lowest BCUT2D eigenvalue weighted by Crippen LogP contribution is -2.14. The molecule has 0 saturated carbocycles. The third-order valence-corrected chi connectivity index (χ3v) is 2.39. The lowest BCUT2D eigenvalue weighted by molar-refractivity contribution is 0.466. The molecule has 0 aliphatic rings. The van der Waals surface area contributed by atoms with Crippen molar-refractivity contribution in [2.75, 3.05) is 6.54 Å². The molecule has 4 N–H and O–H groups in total. The number of hydrogen-bond donors (Lipinski definition) is 2. The van der Waals surface area contributed by atoms with Gasteiger partial charge >= 0.3 is 0 Å². The van der Waals surface area contributed by atoms with Crippen molar-refractivity contribution in [2.24, 2.45) is 11.5 Å². The molecule has 0 radical (unpaired) electrons. The first-order valence-corrected chi connectivity index (χ1v) is 5.16. The van der Waals surface area contributed by atoms with E-state index in [1.54, 1.807) is 0 Å². The van der Waals surface area contributed by atoms with Crippen LogP contribution in [-0.2, 0) is 0 Å². The molecule has 0 bridgehead atoms. The van der Waals surface area contributed by atoms with Crippen LogP contribution >= 0.6 is 12.4 Å². The van der Waals surface area contributed by atoms with Crippen LogP contribution in [0.4, 0.5) is 13.2 Å². The smallest absolute Gasteiger partial charge is 0.163 e. The second kappa shape index (κ2) is 7.53. The predicted octanol–water partition coefficient (Wildman–Crippen LogP) is 2.65. The molecule has 0 saturated heterocycles. The van der Waals surface area contributed by atoms with E-state index in [2.05, 4.69) is 0 Å². The number of unbranched alkanes of at least 4 members (excludes halogenated alkanes) is 1. The number of halogens is 4. The van der Waals surface area contributed by atoms with Gasteiger partial charge < -0.3 is 11.5 Å². The average Bonchev–Trinajstić information content (AvgIpc) is 2.23. The summed E-state index contributed by atoms with van der Waals surface area (Å²) in [6, 6.07) is 0.744. The van der Waals surface area contributed by atoms with Crippen molar-refractivity contribution in [3.8, 4) is 0 Å². The monoisotopic (exact) mass is 268 g/mol. The van der Waals surface area contributed by atoms with E-state index in [1.165, 1.54) is 0 Å². The second-order valence-corrected chi connectivity index (χ2v) is 3.68. The molecule has 2 nitrogen and oxygen atoms in total. The van der Waals surface area contributed by atoms with E-state index in [4.69, 9.17) is 11.5 Å². The van der Waals surface area contributed by atoms with Gasteiger partial charge in [0.1, 0.15) is 5.82 Å². The molecule has 0 amide bonds. The van der Waals surface area contributed by atoms with Gasteiger partial charge in [-0.2, -0.15) is 0 Å². The Labute approximate surface area is 105 Å². The zero-order valence-electron chi connectivity index (χ0n) is 9.26. The van der Waals surface area contributed by atoms with Gasteiger partial charge in [-0.15, -0.1) is 12.4 Å². The number of hydrogen-bond acceptors (Lipinski definition) is 2. The fourth-order valence-corrected chi connectivity index (χ4v) is 1.51. The molecule has 0 aliphatic carbocycles. The van der Waals surface area contributed by atoms with Gasteiger partial charge in [0.25, 0.3) is 0 Å². The topological polar surface area (TPSA) is 52.0 Å². The highest BCUT2D eigenvalue weighted by atomic mass is 35.5. The van der Waals surface area contributed by atoms with Crippen molar-refractivity contribution in [3.63, 3.8) is 0 Å². The van der Waals surface area contributed by atoms with E-state index in [-0.39, 0.29) is 18.0 Å². The fraction of sp³-hybridized carbons (Fsp3) is 0.455. The van der Waals surface area contributed by atoms with Gasteiger partial charge in [-0.05, 0) is 25.5 Å². The Bertz CT molecular complexity index is 361. The van der Waals surface area contributed by atoms with Crippen LogP contribution in [0.1, 0.15) is 30.9 Å². The van der Waals surface area contributed by atoms with Crippen LogP contribution in [0.2, 0.25) is 0 Å². The summed E-state index contributed by atoms with van der Waals surface area (Å²) >= 11 is 0. The first-order valence-electron chi connectivity index (χ1n) is 5.16. The first kappa shape index (κ1) is 16.2. The Kier molecular flexibility index (Phi) is 7.18. The Morgan fingerprint density at radius 1 is 1.12 bits per heavy atom. The van der Waals surface area contributed by atoms with Crippen molar-refractivity contribution in [1.29, 1.82) is 0 Å². The van der Waals surface area contributed by atoms with Gasteiger partial charge in [0, 0.05) is 17.7 Å². The minimum absolute atomic E-state index is 0. The van der Waals surface area contributed by atoms with Gasteiger partial charge in [-0.3, -0.25) is 0 Å². The molecule has 0 spiro atoms. The summed E-state index contributed by atoms with van der Waals surface area (Å²) in [6.45, 7) is 0.521. The number of benzene rings is 1. The molecule has 0 unspecified atom stereocenters. The number of rotatable bonds is 5. The maximum atomic E-state index is 13.3. The Balaban J connectivity index is 0.00000256. The minimum Gasteiger partial charge on any atom is -0.330 e. The van der Waals surface area contributed by atoms with E-state index in [9.17, 15) is 13.2 Å². The normalized spacial score (nSPS) is 12.1. The van der Waals surface area contributed by atoms with Crippen LogP contribution < -0.4 is 11.5 Å². The van der Waals surface area contributed by atoms with Gasteiger partial charge in [0.15, 0.2) is 11.6 Å². The largest absolute Gasteiger partial charge is 0.330 e. The Morgan fingerprint density at radius 2 is 1.76 bits per heavy atom. The summed E-state index contributed by atoms with van der Waals surface area (Å²) in [7, 11) is 0. The summed E-state index contributed by atoms with van der Waals surface area (Å²) in [4.78, 5) is 0. The van der Waals surface area contributed by atoms with E-state index >= 15 is 0 Å². The molecule has 0 heterocycles. The minimum atomic E-state index is -1.20. The molecule has 1 aromatic rings. The second-order valence-electron chi connectivity index (χ2n) is 3.68. The molecule has 0 aliphatic heterocycles. The van der Waals surface area contributed by atoms with Gasteiger partial charge in [0.2, 0.25) is 0 Å². The average molecular weight is 269 g/mol. The maximum absolute atomic E-state index is 13.3. The molecule has 0 fully saturated rings. The molecule has 6 heteroatoms. The predicted molar refractivity (Wildman–Crippen MR) is 63.4 cm³/mol. The summed E-state index contributed by atoms with van der Waals surface area (Å²) in [5, 5.41) is 0. The molecule has 1 aromatic carbocycles. The van der Waals surface area contributed by atoms with E-state index in [0.29, 0.717) is 25.5 Å². The standard InChI is InChI=1S/C11H15F3N2.ClH/c12-7-5-8(11(14)9(13)6-7)10(16)3-1-2-4-15;/h5-6,10H,1-4,15-16H2;1H/t10-;/m0./s1. The maximum Gasteiger partial charge on any atom is 0.163 e. The Hall–Kier alpha value is -0.780. The van der Waals surface area contributed by atoms with Crippen molar-refractivity contribution in [1.82, 2.24) is 0 Å². The molecular formula is C11H16ClF3N2. The van der Waals surface area contributed by atoms with Crippen molar-refractivity contribution in [2.45, 2.75) is 25.3 Å². The van der Waals surface area contributed by atoms with Crippen LogP contribution in [0.25, 0.3) is 0 Å². The summed E-state index contributed by atoms with van der Waals surface area (Å²) in [6.07, 6.45) is 1.92. The molecule has 1 atom stereocenters. The van der Waals surface area contributed by atoms with Gasteiger partial charge in [0.05, 0.1) is 0 Å². The van der Waals surface area contributed by atoms with Crippen molar-refractivity contribution < 1.29 is 13.2 Å². The van der Waals surface area contributed by atoms with Crippen molar-refractivity contribution in [3.05, 3.63) is 35.1 Å². The number of nitrogens with two attached hydrogens (primary N) is 2. The van der Waals surface area contributed by atoms with Crippen LogP contribution in [0.15, 0.2) is 12.1 Å². The highest BCUT2D eigenvalue weighted by Gasteiger charge is 2.16. The highest BCUT2D eigenvalue weighted by Crippen LogP contribution is 2.22. The van der Waals surface area contributed by atoms with Crippen LogP contribution in [0.3, 0.4) is 0 Å². The van der Waals surface area contributed by atoms with Crippen LogP contribution in [0, 0.1) is 17.5 Å². The summed E-state index contributed by atoms with van der Waals surface area (Å²) in [5.41, 5.74) is 10.8. The molecular weight excluding hydrogens is 253 g/mol. The highest BCUT2D eigenvalue weighted by molar-refractivity contribution is 5.85. The van der Waals surface area contributed by atoms with E-state index in [0.717, 1.165) is 12.5 Å². The summed E-state index contributed by atoms with van der Waals surface area (Å²) < 4.78 is 39.1. The van der Waals surface area contributed by atoms with E-state index in [1.807, 2.05) is 0 Å². The third kappa shape index (κ3) is 4.53. The van der Waals surface area contributed by atoms with Crippen LogP contribution in [0.5, 0.6) is 0 Å². The third-order valence-electron chi connectivity index (χ3n) is 2.39. The van der Waals surface area contributed by atoms with Crippen molar-refractivity contribution >= 4 is 12.4 Å². The molecule has 0 aromatic heterocycles. The SMILES string of the molecule is Cl.NCCCC[C@H](N)c1cc(F)cc(F)c1F. The zero-order valence-corrected chi connectivity index (χ0v) is 10.1. The molecule has 1 rings (SSSR count). The Morgan fingerprint density at radius 3 is 2.35 bits per heavy atom. The van der Waals surface area contributed by atoms with Gasteiger partial charge in [-0.1, -0.05) is 6.42 Å². The fourth-order valence-electron chi connectivity index (χ4n) is 1.51. The van der Waals surface area contributed by atoms with Gasteiger partial charge in [-0.25, -0.2) is 13.2 Å². The zero-order chi connectivity index (χ0) is 12.1. The lowest BCUT2D eigenvalue weighted by Gasteiger charge is -2.13. The molecule has 98 valence electrons. The first-order chi connectivity index (χ1) is 7.56.